The summed E-state index contributed by atoms with van der Waals surface area (Å²) in [6.45, 7) is 5.33. The van der Waals surface area contributed by atoms with Crippen molar-refractivity contribution in [3.63, 3.8) is 0 Å². The summed E-state index contributed by atoms with van der Waals surface area (Å²) in [5, 5.41) is 0. The third-order valence-electron chi connectivity index (χ3n) is 7.14. The van der Waals surface area contributed by atoms with Crippen LogP contribution >= 0.6 is 0 Å². The Morgan fingerprint density at radius 1 is 0.514 bits per heavy atom. The fourth-order valence-corrected chi connectivity index (χ4v) is 4.73. The molecule has 0 radical (unpaired) electrons. The highest BCUT2D eigenvalue weighted by Crippen LogP contribution is 2.24. The Balaban J connectivity index is 1.39. The summed E-state index contributed by atoms with van der Waals surface area (Å²) < 4.78 is 5.93. The van der Waals surface area contributed by atoms with E-state index in [1.807, 2.05) is 12.4 Å². The second-order valence-corrected chi connectivity index (χ2v) is 10.4. The van der Waals surface area contributed by atoms with E-state index < -0.39 is 0 Å². The molecule has 0 saturated heterocycles. The van der Waals surface area contributed by atoms with Gasteiger partial charge in [-0.25, -0.2) is 9.97 Å². The summed E-state index contributed by atoms with van der Waals surface area (Å²) >= 11 is 0. The molecule has 0 unspecified atom stereocenters. The van der Waals surface area contributed by atoms with Crippen molar-refractivity contribution in [2.45, 2.75) is 110 Å². The van der Waals surface area contributed by atoms with Gasteiger partial charge >= 0.3 is 0 Å². The third kappa shape index (κ3) is 11.1. The van der Waals surface area contributed by atoms with Crippen LogP contribution in [0.25, 0.3) is 22.5 Å². The van der Waals surface area contributed by atoms with Crippen LogP contribution in [0.3, 0.4) is 0 Å². The number of rotatable bonds is 19. The Morgan fingerprint density at radius 2 is 1.03 bits per heavy atom. The molecule has 1 aromatic heterocycles. The minimum absolute atomic E-state index is 0.779. The summed E-state index contributed by atoms with van der Waals surface area (Å²) in [6, 6.07) is 17.1. The Kier molecular flexibility index (Phi) is 13.8. The first-order valence-electron chi connectivity index (χ1n) is 14.9. The van der Waals surface area contributed by atoms with Crippen LogP contribution < -0.4 is 4.74 Å². The van der Waals surface area contributed by atoms with Gasteiger partial charge in [-0.2, -0.15) is 0 Å². The lowest BCUT2D eigenvalue weighted by Gasteiger charge is -2.08. The van der Waals surface area contributed by atoms with Crippen LogP contribution in [-0.4, -0.2) is 16.6 Å². The van der Waals surface area contributed by atoms with Gasteiger partial charge in [-0.15, -0.1) is 0 Å². The molecule has 0 N–H and O–H groups in total. The predicted molar refractivity (Wildman–Crippen MR) is 158 cm³/mol. The van der Waals surface area contributed by atoms with Crippen molar-refractivity contribution in [2.75, 3.05) is 6.61 Å². The topological polar surface area (TPSA) is 35.0 Å². The number of benzene rings is 2. The standard InChI is InChI=1S/C34H48N2O/c1-3-5-7-9-11-13-15-17-29-18-20-31(21-19-29)34-35-27-32(28-36-34)30-22-24-33(25-23-30)37-26-16-14-12-10-8-6-4-2/h18-25,27-28H,3-17,26H2,1-2H3. The Hall–Kier alpha value is -2.68. The predicted octanol–water partition coefficient (Wildman–Crippen LogP) is 10.2. The van der Waals surface area contributed by atoms with Crippen LogP contribution in [0.1, 0.15) is 109 Å². The van der Waals surface area contributed by atoms with Crippen molar-refractivity contribution in [2.24, 2.45) is 0 Å². The van der Waals surface area contributed by atoms with E-state index in [0.29, 0.717) is 0 Å². The zero-order valence-corrected chi connectivity index (χ0v) is 23.4. The number of aryl methyl sites for hydroxylation is 1. The van der Waals surface area contributed by atoms with Gasteiger partial charge in [0.1, 0.15) is 5.75 Å². The fourth-order valence-electron chi connectivity index (χ4n) is 4.73. The number of ether oxygens (including phenoxy) is 1. The monoisotopic (exact) mass is 500 g/mol. The summed E-state index contributed by atoms with van der Waals surface area (Å²) in [7, 11) is 0. The van der Waals surface area contributed by atoms with Gasteiger partial charge in [0, 0.05) is 23.5 Å². The van der Waals surface area contributed by atoms with E-state index >= 15 is 0 Å². The van der Waals surface area contributed by atoms with Gasteiger partial charge in [0.05, 0.1) is 6.61 Å². The highest BCUT2D eigenvalue weighted by Gasteiger charge is 2.05. The average Bonchev–Trinajstić information content (AvgIpc) is 2.95. The number of unbranched alkanes of at least 4 members (excludes halogenated alkanes) is 12. The quantitative estimate of drug-likeness (QED) is 0.154. The van der Waals surface area contributed by atoms with Crippen molar-refractivity contribution in [3.05, 3.63) is 66.5 Å². The second kappa shape index (κ2) is 17.7. The molecule has 3 rings (SSSR count). The normalized spacial score (nSPS) is 11.1. The van der Waals surface area contributed by atoms with E-state index in [1.54, 1.807) is 0 Å². The SMILES string of the molecule is CCCCCCCCCOc1ccc(-c2cnc(-c3ccc(CCCCCCCCC)cc3)nc2)cc1. The molecule has 0 bridgehead atoms. The van der Waals surface area contributed by atoms with Gasteiger partial charge in [-0.05, 0) is 42.5 Å². The molecule has 0 aliphatic heterocycles. The molecule has 0 saturated carbocycles. The lowest BCUT2D eigenvalue weighted by Crippen LogP contribution is -1.97. The van der Waals surface area contributed by atoms with Gasteiger partial charge in [0.25, 0.3) is 0 Å². The summed E-state index contributed by atoms with van der Waals surface area (Å²) in [4.78, 5) is 9.29. The maximum atomic E-state index is 5.93. The Bertz CT molecular complexity index is 964. The van der Waals surface area contributed by atoms with E-state index in [-0.39, 0.29) is 0 Å². The first-order valence-corrected chi connectivity index (χ1v) is 14.9. The molecular weight excluding hydrogens is 452 g/mol. The van der Waals surface area contributed by atoms with Crippen LogP contribution in [0.2, 0.25) is 0 Å². The van der Waals surface area contributed by atoms with Crippen molar-refractivity contribution in [1.82, 2.24) is 9.97 Å². The number of aromatic nitrogens is 2. The lowest BCUT2D eigenvalue weighted by atomic mass is 10.0. The van der Waals surface area contributed by atoms with E-state index in [9.17, 15) is 0 Å². The lowest BCUT2D eigenvalue weighted by molar-refractivity contribution is 0.304. The Labute approximate surface area is 226 Å². The fraction of sp³-hybridized carbons (Fsp3) is 0.529. The molecule has 0 spiro atoms. The maximum absolute atomic E-state index is 5.93. The van der Waals surface area contributed by atoms with Gasteiger partial charge in [0.15, 0.2) is 5.82 Å². The molecular formula is C34H48N2O. The number of hydrogen-bond acceptors (Lipinski definition) is 3. The molecule has 1 heterocycles. The van der Waals surface area contributed by atoms with Gasteiger partial charge < -0.3 is 4.74 Å². The molecule has 0 amide bonds. The minimum atomic E-state index is 0.779. The van der Waals surface area contributed by atoms with Gasteiger partial charge in [0.2, 0.25) is 0 Å². The third-order valence-corrected chi connectivity index (χ3v) is 7.14. The summed E-state index contributed by atoms with van der Waals surface area (Å²) in [6.07, 6.45) is 23.6. The van der Waals surface area contributed by atoms with Crippen LogP contribution in [0.15, 0.2) is 60.9 Å². The maximum Gasteiger partial charge on any atom is 0.159 e. The highest BCUT2D eigenvalue weighted by atomic mass is 16.5. The number of nitrogens with zero attached hydrogens (tertiary/aromatic N) is 2. The zero-order chi connectivity index (χ0) is 26.0. The Morgan fingerprint density at radius 3 is 1.62 bits per heavy atom. The molecule has 3 heteroatoms. The van der Waals surface area contributed by atoms with Gasteiger partial charge in [-0.1, -0.05) is 127 Å². The zero-order valence-electron chi connectivity index (χ0n) is 23.4. The molecule has 0 fully saturated rings. The van der Waals surface area contributed by atoms with E-state index in [4.69, 9.17) is 4.74 Å². The van der Waals surface area contributed by atoms with E-state index in [1.165, 1.54) is 89.0 Å². The molecule has 3 nitrogen and oxygen atoms in total. The van der Waals surface area contributed by atoms with E-state index in [2.05, 4.69) is 72.3 Å². The summed E-state index contributed by atoms with van der Waals surface area (Å²) in [5.41, 5.74) is 4.62. The van der Waals surface area contributed by atoms with Crippen molar-refractivity contribution in [1.29, 1.82) is 0 Å². The van der Waals surface area contributed by atoms with E-state index in [0.717, 1.165) is 47.7 Å². The minimum Gasteiger partial charge on any atom is -0.494 e. The van der Waals surface area contributed by atoms with Crippen molar-refractivity contribution >= 4 is 0 Å². The number of hydrogen-bond donors (Lipinski definition) is 0. The molecule has 0 atom stereocenters. The second-order valence-electron chi connectivity index (χ2n) is 10.4. The molecule has 0 aliphatic carbocycles. The van der Waals surface area contributed by atoms with Crippen molar-refractivity contribution in [3.8, 4) is 28.3 Å². The first kappa shape index (κ1) is 28.9. The molecule has 200 valence electrons. The van der Waals surface area contributed by atoms with Crippen LogP contribution in [-0.2, 0) is 6.42 Å². The largest absolute Gasteiger partial charge is 0.494 e. The van der Waals surface area contributed by atoms with Crippen LogP contribution in [0, 0.1) is 0 Å². The molecule has 2 aromatic carbocycles. The summed E-state index contributed by atoms with van der Waals surface area (Å²) in [5.74, 6) is 1.71. The first-order chi connectivity index (χ1) is 18.3. The molecule has 0 aliphatic rings. The molecule has 3 aromatic rings. The highest BCUT2D eigenvalue weighted by molar-refractivity contribution is 5.64. The smallest absolute Gasteiger partial charge is 0.159 e. The van der Waals surface area contributed by atoms with Crippen LogP contribution in [0.4, 0.5) is 0 Å². The molecule has 37 heavy (non-hydrogen) atoms. The van der Waals surface area contributed by atoms with Gasteiger partial charge in [-0.3, -0.25) is 0 Å². The van der Waals surface area contributed by atoms with Crippen LogP contribution in [0.5, 0.6) is 5.75 Å². The average molecular weight is 501 g/mol. The van der Waals surface area contributed by atoms with Crippen molar-refractivity contribution < 1.29 is 4.74 Å².